The highest BCUT2D eigenvalue weighted by atomic mass is 16.6. The molecule has 0 aromatic heterocycles. The molecule has 1 heterocycles. The molecule has 1 aliphatic heterocycles. The first-order chi connectivity index (χ1) is 10.4. The molecule has 1 aliphatic rings. The molecule has 0 spiro atoms. The normalized spacial score (nSPS) is 15.3. The zero-order valence-electron chi connectivity index (χ0n) is 12.3. The first kappa shape index (κ1) is 15.7. The number of benzene rings is 1. The largest absolute Gasteiger partial charge is 0.393 e. The highest BCUT2D eigenvalue weighted by Gasteiger charge is 2.23. The fraction of sp³-hybridized carbons (Fsp3) is 0.429. The summed E-state index contributed by atoms with van der Waals surface area (Å²) in [6.45, 7) is 3.51. The molecule has 0 radical (unpaired) electrons. The Morgan fingerprint density at radius 2 is 1.82 bits per heavy atom. The first-order valence-corrected chi connectivity index (χ1v) is 6.99. The molecule has 0 bridgehead atoms. The molecule has 2 N–H and O–H groups in total. The van der Waals surface area contributed by atoms with Gasteiger partial charge in [-0.1, -0.05) is 0 Å². The average Bonchev–Trinajstić information content (AvgIpc) is 2.72. The number of hydrogen-bond donors (Lipinski definition) is 1. The molecule has 22 heavy (non-hydrogen) atoms. The second-order valence-corrected chi connectivity index (χ2v) is 5.18. The SMILES string of the molecule is CC(=O)N1CCCN(C(=O)c2ccc(N)c([N+](=O)[O-])c2)CC1. The van der Waals surface area contributed by atoms with Crippen LogP contribution in [0.2, 0.25) is 0 Å². The van der Waals surface area contributed by atoms with E-state index < -0.39 is 4.92 Å². The van der Waals surface area contributed by atoms with E-state index in [4.69, 9.17) is 5.73 Å². The van der Waals surface area contributed by atoms with Crippen LogP contribution in [-0.4, -0.2) is 52.7 Å². The number of carbonyl (C=O) groups excluding carboxylic acids is 2. The Labute approximate surface area is 127 Å². The molecule has 1 aromatic carbocycles. The molecule has 8 heteroatoms. The van der Waals surface area contributed by atoms with Gasteiger partial charge in [0.05, 0.1) is 4.92 Å². The van der Waals surface area contributed by atoms with E-state index in [-0.39, 0.29) is 28.8 Å². The van der Waals surface area contributed by atoms with Crippen LogP contribution in [0.15, 0.2) is 18.2 Å². The lowest BCUT2D eigenvalue weighted by Crippen LogP contribution is -2.36. The molecule has 1 fully saturated rings. The average molecular weight is 306 g/mol. The Hall–Kier alpha value is -2.64. The molecule has 0 atom stereocenters. The third kappa shape index (κ3) is 3.33. The van der Waals surface area contributed by atoms with Crippen LogP contribution in [0.25, 0.3) is 0 Å². The van der Waals surface area contributed by atoms with Crippen molar-refractivity contribution in [2.24, 2.45) is 0 Å². The van der Waals surface area contributed by atoms with Crippen LogP contribution in [0.3, 0.4) is 0 Å². The van der Waals surface area contributed by atoms with Crippen molar-refractivity contribution in [2.45, 2.75) is 13.3 Å². The van der Waals surface area contributed by atoms with Gasteiger partial charge in [0.1, 0.15) is 5.69 Å². The Morgan fingerprint density at radius 1 is 1.18 bits per heavy atom. The van der Waals surface area contributed by atoms with Gasteiger partial charge in [-0.25, -0.2) is 0 Å². The molecule has 8 nitrogen and oxygen atoms in total. The summed E-state index contributed by atoms with van der Waals surface area (Å²) in [5.41, 5.74) is 5.52. The molecule has 0 unspecified atom stereocenters. The van der Waals surface area contributed by atoms with Crippen molar-refractivity contribution in [3.05, 3.63) is 33.9 Å². The summed E-state index contributed by atoms with van der Waals surface area (Å²) in [4.78, 5) is 37.5. The predicted octanol–water partition coefficient (Wildman–Crippen LogP) is 0.871. The second kappa shape index (κ2) is 6.42. The predicted molar refractivity (Wildman–Crippen MR) is 80.3 cm³/mol. The zero-order chi connectivity index (χ0) is 16.3. The van der Waals surface area contributed by atoms with Gasteiger partial charge in [0, 0.05) is 44.7 Å². The molecular formula is C14H18N4O4. The van der Waals surface area contributed by atoms with Gasteiger partial charge >= 0.3 is 0 Å². The van der Waals surface area contributed by atoms with Gasteiger partial charge in [0.2, 0.25) is 5.91 Å². The first-order valence-electron chi connectivity index (χ1n) is 6.99. The Morgan fingerprint density at radius 3 is 2.45 bits per heavy atom. The molecule has 1 saturated heterocycles. The summed E-state index contributed by atoms with van der Waals surface area (Å²) in [5, 5.41) is 10.9. The molecule has 1 aromatic rings. The fourth-order valence-corrected chi connectivity index (χ4v) is 2.45. The van der Waals surface area contributed by atoms with E-state index in [0.29, 0.717) is 32.6 Å². The minimum Gasteiger partial charge on any atom is -0.393 e. The Kier molecular flexibility index (Phi) is 4.59. The topological polar surface area (TPSA) is 110 Å². The number of nitro groups is 1. The van der Waals surface area contributed by atoms with E-state index in [1.54, 1.807) is 9.80 Å². The van der Waals surface area contributed by atoms with Crippen molar-refractivity contribution >= 4 is 23.2 Å². The van der Waals surface area contributed by atoms with Crippen LogP contribution in [0.1, 0.15) is 23.7 Å². The maximum absolute atomic E-state index is 12.5. The van der Waals surface area contributed by atoms with Crippen molar-refractivity contribution in [1.29, 1.82) is 0 Å². The fourth-order valence-electron chi connectivity index (χ4n) is 2.45. The van der Waals surface area contributed by atoms with Gasteiger partial charge < -0.3 is 15.5 Å². The van der Waals surface area contributed by atoms with E-state index in [1.807, 2.05) is 0 Å². The quantitative estimate of drug-likeness (QED) is 0.495. The minimum atomic E-state index is -0.605. The van der Waals surface area contributed by atoms with Crippen LogP contribution in [-0.2, 0) is 4.79 Å². The molecule has 0 saturated carbocycles. The van der Waals surface area contributed by atoms with Gasteiger partial charge in [-0.15, -0.1) is 0 Å². The number of rotatable bonds is 2. The number of nitrogens with two attached hydrogens (primary N) is 1. The number of carbonyl (C=O) groups is 2. The van der Waals surface area contributed by atoms with Gasteiger partial charge in [0.15, 0.2) is 0 Å². The van der Waals surface area contributed by atoms with E-state index in [2.05, 4.69) is 0 Å². The monoisotopic (exact) mass is 306 g/mol. The van der Waals surface area contributed by atoms with E-state index in [1.165, 1.54) is 25.1 Å². The summed E-state index contributed by atoms with van der Waals surface area (Å²) in [6.07, 6.45) is 0.683. The molecule has 2 rings (SSSR count). The van der Waals surface area contributed by atoms with Crippen LogP contribution >= 0.6 is 0 Å². The van der Waals surface area contributed by atoms with Crippen molar-refractivity contribution in [3.63, 3.8) is 0 Å². The van der Waals surface area contributed by atoms with Crippen molar-refractivity contribution < 1.29 is 14.5 Å². The van der Waals surface area contributed by atoms with Crippen molar-refractivity contribution in [1.82, 2.24) is 9.80 Å². The van der Waals surface area contributed by atoms with Crippen LogP contribution in [0, 0.1) is 10.1 Å². The number of anilines is 1. The third-order valence-electron chi connectivity index (χ3n) is 3.70. The van der Waals surface area contributed by atoms with Gasteiger partial charge in [0.25, 0.3) is 11.6 Å². The number of nitrogens with zero attached hydrogens (tertiary/aromatic N) is 3. The molecule has 2 amide bonds. The number of nitro benzene ring substituents is 1. The van der Waals surface area contributed by atoms with Gasteiger partial charge in [-0.05, 0) is 18.6 Å². The Bertz CT molecular complexity index is 617. The molecular weight excluding hydrogens is 288 g/mol. The molecule has 0 aliphatic carbocycles. The summed E-state index contributed by atoms with van der Waals surface area (Å²) < 4.78 is 0. The maximum Gasteiger partial charge on any atom is 0.292 e. The maximum atomic E-state index is 12.5. The number of nitrogen functional groups attached to an aromatic ring is 1. The van der Waals surface area contributed by atoms with Crippen molar-refractivity contribution in [3.8, 4) is 0 Å². The highest BCUT2D eigenvalue weighted by Crippen LogP contribution is 2.23. The second-order valence-electron chi connectivity index (χ2n) is 5.18. The summed E-state index contributed by atoms with van der Waals surface area (Å²) in [5.74, 6) is -0.300. The number of hydrogen-bond acceptors (Lipinski definition) is 5. The van der Waals surface area contributed by atoms with E-state index in [0.717, 1.165) is 0 Å². The van der Waals surface area contributed by atoms with Crippen LogP contribution < -0.4 is 5.73 Å². The lowest BCUT2D eigenvalue weighted by Gasteiger charge is -2.21. The Balaban J connectivity index is 2.16. The third-order valence-corrected chi connectivity index (χ3v) is 3.70. The van der Waals surface area contributed by atoms with Crippen LogP contribution in [0.5, 0.6) is 0 Å². The summed E-state index contributed by atoms with van der Waals surface area (Å²) >= 11 is 0. The smallest absolute Gasteiger partial charge is 0.292 e. The zero-order valence-corrected chi connectivity index (χ0v) is 12.3. The van der Waals surface area contributed by atoms with E-state index in [9.17, 15) is 19.7 Å². The lowest BCUT2D eigenvalue weighted by molar-refractivity contribution is -0.383. The van der Waals surface area contributed by atoms with Gasteiger partial charge in [-0.3, -0.25) is 19.7 Å². The molecule has 118 valence electrons. The summed E-state index contributed by atoms with van der Waals surface area (Å²) in [7, 11) is 0. The van der Waals surface area contributed by atoms with Crippen molar-refractivity contribution in [2.75, 3.05) is 31.9 Å². The van der Waals surface area contributed by atoms with Crippen LogP contribution in [0.4, 0.5) is 11.4 Å². The summed E-state index contributed by atoms with van der Waals surface area (Å²) in [6, 6.07) is 4.05. The lowest BCUT2D eigenvalue weighted by atomic mass is 10.1. The van der Waals surface area contributed by atoms with E-state index >= 15 is 0 Å². The minimum absolute atomic E-state index is 0.0163. The highest BCUT2D eigenvalue weighted by molar-refractivity contribution is 5.95. The van der Waals surface area contributed by atoms with Gasteiger partial charge in [-0.2, -0.15) is 0 Å². The standard InChI is InChI=1S/C14H18N4O4/c1-10(19)16-5-2-6-17(8-7-16)14(20)11-3-4-12(15)13(9-11)18(21)22/h3-4,9H,2,5-8,15H2,1H3. The number of amides is 2.